The van der Waals surface area contributed by atoms with Crippen molar-refractivity contribution in [2.24, 2.45) is 0 Å². The van der Waals surface area contributed by atoms with Gasteiger partial charge in [-0.05, 0) is 40.8 Å². The van der Waals surface area contributed by atoms with Crippen molar-refractivity contribution in [2.75, 3.05) is 0 Å². The Morgan fingerprint density at radius 3 is 2.76 bits per heavy atom. The van der Waals surface area contributed by atoms with Crippen LogP contribution in [-0.4, -0.2) is 9.67 Å². The number of hydrogen-bond donors (Lipinski definition) is 2. The largest absolute Gasteiger partial charge is 0.369 e. The van der Waals surface area contributed by atoms with Crippen LogP contribution >= 0.6 is 22.6 Å². The molecular weight excluding hydrogens is 327 g/mol. The second kappa shape index (κ2) is 4.19. The molecule has 2 aromatic rings. The summed E-state index contributed by atoms with van der Waals surface area (Å²) in [7, 11) is 0. The highest BCUT2D eigenvalue weighted by molar-refractivity contribution is 14.1. The van der Waals surface area contributed by atoms with Crippen LogP contribution < -0.4 is 5.32 Å². The maximum atomic E-state index is 9.92. The first-order valence-corrected chi connectivity index (χ1v) is 6.42. The number of halogens is 1. The van der Waals surface area contributed by atoms with Gasteiger partial charge in [-0.25, -0.2) is 0 Å². The molecule has 3 rings (SSSR count). The molecule has 2 N–H and O–H groups in total. The van der Waals surface area contributed by atoms with Crippen molar-refractivity contribution in [3.63, 3.8) is 0 Å². The third-order valence-corrected chi connectivity index (χ3v) is 3.70. The monoisotopic (exact) mass is 338 g/mol. The summed E-state index contributed by atoms with van der Waals surface area (Å²) in [5.74, 6) is 0. The molecule has 0 bridgehead atoms. The summed E-state index contributed by atoms with van der Waals surface area (Å²) >= 11 is 2.25. The van der Waals surface area contributed by atoms with Crippen molar-refractivity contribution >= 4 is 28.7 Å². The molecule has 1 aromatic carbocycles. The lowest BCUT2D eigenvalue weighted by molar-refractivity contribution is 0.154. The fraction of sp³-hybridized carbons (Fsp3) is 0.0769. The van der Waals surface area contributed by atoms with Gasteiger partial charge in [-0.3, -0.25) is 0 Å². The van der Waals surface area contributed by atoms with Gasteiger partial charge in [0, 0.05) is 27.2 Å². The number of rotatable bonds is 1. The van der Waals surface area contributed by atoms with Crippen LogP contribution in [0.5, 0.6) is 0 Å². The number of aliphatic hydroxyl groups excluding tert-OH is 1. The number of benzene rings is 1. The van der Waals surface area contributed by atoms with Gasteiger partial charge < -0.3 is 15.0 Å². The van der Waals surface area contributed by atoms with Crippen LogP contribution in [0.4, 0.5) is 0 Å². The Morgan fingerprint density at radius 1 is 1.24 bits per heavy atom. The highest BCUT2D eigenvalue weighted by atomic mass is 127. The lowest BCUT2D eigenvalue weighted by Crippen LogP contribution is -2.19. The molecule has 86 valence electrons. The van der Waals surface area contributed by atoms with Crippen LogP contribution in [-0.2, 0) is 0 Å². The van der Waals surface area contributed by atoms with E-state index in [-0.39, 0.29) is 0 Å². The van der Waals surface area contributed by atoms with Gasteiger partial charge in [-0.1, -0.05) is 18.2 Å². The second-order valence-corrected chi connectivity index (χ2v) is 5.05. The van der Waals surface area contributed by atoms with Gasteiger partial charge in [0.15, 0.2) is 6.23 Å². The molecule has 0 spiro atoms. The summed E-state index contributed by atoms with van der Waals surface area (Å²) in [6.07, 6.45) is 5.19. The van der Waals surface area contributed by atoms with Crippen LogP contribution in [0.3, 0.4) is 0 Å². The molecule has 0 fully saturated rings. The summed E-state index contributed by atoms with van der Waals surface area (Å²) in [5.41, 5.74) is 3.08. The minimum Gasteiger partial charge on any atom is -0.369 e. The Bertz CT molecular complexity index is 575. The van der Waals surface area contributed by atoms with E-state index in [9.17, 15) is 5.11 Å². The van der Waals surface area contributed by atoms with Crippen LogP contribution in [0.25, 0.3) is 11.8 Å². The highest BCUT2D eigenvalue weighted by Gasteiger charge is 2.21. The van der Waals surface area contributed by atoms with Crippen LogP contribution in [0, 0.1) is 3.57 Å². The highest BCUT2D eigenvalue weighted by Crippen LogP contribution is 2.30. The molecular formula is C13H11IN2O. The molecule has 17 heavy (non-hydrogen) atoms. The quantitative estimate of drug-likeness (QED) is 0.785. The normalized spacial score (nSPS) is 17.6. The lowest BCUT2D eigenvalue weighted by Gasteiger charge is -2.17. The third-order valence-electron chi connectivity index (χ3n) is 2.84. The van der Waals surface area contributed by atoms with E-state index in [1.54, 1.807) is 6.20 Å². The van der Waals surface area contributed by atoms with E-state index >= 15 is 0 Å². The van der Waals surface area contributed by atoms with E-state index in [0.717, 1.165) is 20.5 Å². The molecule has 1 aromatic heterocycles. The zero-order valence-corrected chi connectivity index (χ0v) is 11.1. The van der Waals surface area contributed by atoms with Gasteiger partial charge in [0.1, 0.15) is 0 Å². The van der Waals surface area contributed by atoms with E-state index in [0.29, 0.717) is 0 Å². The smallest absolute Gasteiger partial charge is 0.153 e. The first kappa shape index (κ1) is 10.9. The molecule has 1 unspecified atom stereocenters. The van der Waals surface area contributed by atoms with E-state index in [2.05, 4.69) is 44.6 Å². The molecule has 3 nitrogen and oxygen atoms in total. The second-order valence-electron chi connectivity index (χ2n) is 3.88. The fourth-order valence-electron chi connectivity index (χ4n) is 2.05. The molecule has 0 aliphatic carbocycles. The number of aromatic nitrogens is 1. The van der Waals surface area contributed by atoms with Gasteiger partial charge in [-0.15, -0.1) is 0 Å². The van der Waals surface area contributed by atoms with Crippen LogP contribution in [0.15, 0.2) is 42.7 Å². The standard InChI is InChI=1S/C13H11IN2O/c14-10-8-16(9-4-2-1-3-5-9)11-6-7-15-13(17)12(10)11/h1-8,13,15,17H. The summed E-state index contributed by atoms with van der Waals surface area (Å²) in [4.78, 5) is 0. The molecule has 0 saturated carbocycles. The van der Waals surface area contributed by atoms with Crippen LogP contribution in [0.2, 0.25) is 0 Å². The minimum absolute atomic E-state index is 0.619. The Kier molecular flexibility index (Phi) is 2.68. The number of fused-ring (bicyclic) bond motifs is 1. The van der Waals surface area contributed by atoms with Gasteiger partial charge >= 0.3 is 0 Å². The van der Waals surface area contributed by atoms with Gasteiger partial charge in [0.05, 0.1) is 5.69 Å². The molecule has 0 saturated heterocycles. The molecule has 1 atom stereocenters. The van der Waals surface area contributed by atoms with Crippen molar-refractivity contribution in [3.8, 4) is 5.69 Å². The van der Waals surface area contributed by atoms with Crippen LogP contribution in [0.1, 0.15) is 17.5 Å². The summed E-state index contributed by atoms with van der Waals surface area (Å²) in [6.45, 7) is 0. The first-order valence-electron chi connectivity index (χ1n) is 5.34. The zero-order valence-electron chi connectivity index (χ0n) is 8.97. The van der Waals surface area contributed by atoms with Gasteiger partial charge in [0.25, 0.3) is 0 Å². The Labute approximate surface area is 113 Å². The fourth-order valence-corrected chi connectivity index (χ4v) is 2.90. The Balaban J connectivity index is 2.21. The average Bonchev–Trinajstić information content (AvgIpc) is 2.69. The van der Waals surface area contributed by atoms with E-state index in [4.69, 9.17) is 0 Å². The van der Waals surface area contributed by atoms with Gasteiger partial charge in [-0.2, -0.15) is 0 Å². The van der Waals surface area contributed by atoms with Gasteiger partial charge in [0.2, 0.25) is 0 Å². The summed E-state index contributed by atoms with van der Waals surface area (Å²) in [5, 5.41) is 12.8. The average molecular weight is 338 g/mol. The lowest BCUT2D eigenvalue weighted by atomic mass is 10.1. The number of para-hydroxylation sites is 1. The maximum Gasteiger partial charge on any atom is 0.153 e. The molecule has 0 amide bonds. The van der Waals surface area contributed by atoms with E-state index in [1.807, 2.05) is 30.5 Å². The SMILES string of the molecule is OC1NC=Cc2c1c(I)cn2-c1ccccc1. The molecule has 0 radical (unpaired) electrons. The Hall–Kier alpha value is -1.27. The molecule has 4 heteroatoms. The molecule has 1 aliphatic heterocycles. The predicted octanol–water partition coefficient (Wildman–Crippen LogP) is 2.65. The van der Waals surface area contributed by atoms with Crippen molar-refractivity contribution in [1.82, 2.24) is 9.88 Å². The van der Waals surface area contributed by atoms with E-state index < -0.39 is 6.23 Å². The molecule has 2 heterocycles. The number of hydrogen-bond acceptors (Lipinski definition) is 2. The summed E-state index contributed by atoms with van der Waals surface area (Å²) < 4.78 is 3.16. The van der Waals surface area contributed by atoms with Crippen molar-refractivity contribution in [3.05, 3.63) is 57.6 Å². The predicted molar refractivity (Wildman–Crippen MR) is 75.6 cm³/mol. The van der Waals surface area contributed by atoms with Crippen molar-refractivity contribution in [2.45, 2.75) is 6.23 Å². The van der Waals surface area contributed by atoms with E-state index in [1.165, 1.54) is 0 Å². The summed E-state index contributed by atoms with van der Waals surface area (Å²) in [6, 6.07) is 10.1. The maximum absolute atomic E-state index is 9.92. The van der Waals surface area contributed by atoms with Crippen molar-refractivity contribution < 1.29 is 5.11 Å². The number of nitrogens with zero attached hydrogens (tertiary/aromatic N) is 1. The first-order chi connectivity index (χ1) is 8.27. The Morgan fingerprint density at radius 2 is 2.00 bits per heavy atom. The third kappa shape index (κ3) is 1.77. The number of nitrogens with one attached hydrogen (secondary N) is 1. The number of aliphatic hydroxyl groups is 1. The molecule has 1 aliphatic rings. The topological polar surface area (TPSA) is 37.2 Å². The minimum atomic E-state index is -0.619. The zero-order chi connectivity index (χ0) is 11.8. The van der Waals surface area contributed by atoms with Crippen molar-refractivity contribution in [1.29, 1.82) is 0 Å².